The topological polar surface area (TPSA) is 54.5 Å². The number of morpholine rings is 1. The number of hydrogen-bond donors (Lipinski definition) is 1. The molecule has 1 N–H and O–H groups in total. The van der Waals surface area contributed by atoms with Crippen molar-refractivity contribution in [1.82, 2.24) is 4.98 Å². The first-order valence-corrected chi connectivity index (χ1v) is 8.93. The normalized spacial score (nSPS) is 14.4. The van der Waals surface area contributed by atoms with Gasteiger partial charge in [-0.3, -0.25) is 4.79 Å². The van der Waals surface area contributed by atoms with Gasteiger partial charge in [-0.25, -0.2) is 9.37 Å². The van der Waals surface area contributed by atoms with Gasteiger partial charge in [-0.05, 0) is 36.2 Å². The molecule has 1 aliphatic rings. The lowest BCUT2D eigenvalue weighted by Gasteiger charge is -2.28. The molecule has 0 atom stereocenters. The van der Waals surface area contributed by atoms with Gasteiger partial charge in [0, 0.05) is 24.0 Å². The number of carbonyl (C=O) groups is 1. The smallest absolute Gasteiger partial charge is 0.225 e. The van der Waals surface area contributed by atoms with Crippen LogP contribution in [0.15, 0.2) is 41.0 Å². The number of rotatable bonds is 5. The molecule has 0 unspecified atom stereocenters. The SMILES string of the molecule is O=C(CCc1ccc(Br)cc1F)Nc1ccc(N2CCOCC2)cn1. The van der Waals surface area contributed by atoms with E-state index < -0.39 is 0 Å². The molecule has 25 heavy (non-hydrogen) atoms. The van der Waals surface area contributed by atoms with Crippen molar-refractivity contribution in [3.05, 3.63) is 52.4 Å². The fraction of sp³-hybridized carbons (Fsp3) is 0.333. The molecule has 0 aliphatic carbocycles. The van der Waals surface area contributed by atoms with E-state index in [1.807, 2.05) is 6.07 Å². The lowest BCUT2D eigenvalue weighted by molar-refractivity contribution is -0.116. The molecule has 7 heteroatoms. The summed E-state index contributed by atoms with van der Waals surface area (Å²) < 4.78 is 19.8. The number of aryl methyl sites for hydroxylation is 1. The maximum Gasteiger partial charge on any atom is 0.225 e. The van der Waals surface area contributed by atoms with Gasteiger partial charge in [0.15, 0.2) is 0 Å². The van der Waals surface area contributed by atoms with E-state index >= 15 is 0 Å². The highest BCUT2D eigenvalue weighted by Gasteiger charge is 2.12. The number of aromatic nitrogens is 1. The van der Waals surface area contributed by atoms with Crippen LogP contribution in [0.4, 0.5) is 15.9 Å². The maximum absolute atomic E-state index is 13.8. The second-order valence-electron chi connectivity index (χ2n) is 5.78. The molecule has 2 heterocycles. The molecular weight excluding hydrogens is 389 g/mol. The summed E-state index contributed by atoms with van der Waals surface area (Å²) >= 11 is 3.22. The minimum Gasteiger partial charge on any atom is -0.378 e. The van der Waals surface area contributed by atoms with Crippen molar-refractivity contribution in [2.45, 2.75) is 12.8 Å². The molecule has 1 aromatic carbocycles. The number of nitrogens with one attached hydrogen (secondary N) is 1. The fourth-order valence-electron chi connectivity index (χ4n) is 2.65. The summed E-state index contributed by atoms with van der Waals surface area (Å²) in [6, 6.07) is 8.56. The van der Waals surface area contributed by atoms with Crippen LogP contribution in [-0.4, -0.2) is 37.2 Å². The molecule has 3 rings (SSSR count). The van der Waals surface area contributed by atoms with E-state index in [9.17, 15) is 9.18 Å². The third-order valence-corrected chi connectivity index (χ3v) is 4.52. The quantitative estimate of drug-likeness (QED) is 0.824. The first kappa shape index (κ1) is 17.8. The highest BCUT2D eigenvalue weighted by molar-refractivity contribution is 9.10. The predicted molar refractivity (Wildman–Crippen MR) is 98.3 cm³/mol. The maximum atomic E-state index is 13.8. The number of halogens is 2. The Morgan fingerprint density at radius 2 is 2.08 bits per heavy atom. The summed E-state index contributed by atoms with van der Waals surface area (Å²) in [6.07, 6.45) is 2.29. The van der Waals surface area contributed by atoms with Gasteiger partial charge in [-0.1, -0.05) is 22.0 Å². The van der Waals surface area contributed by atoms with Gasteiger partial charge in [0.05, 0.1) is 25.1 Å². The first-order chi connectivity index (χ1) is 12.1. The standard InChI is InChI=1S/C18H19BrFN3O2/c19-14-3-1-13(16(20)11-14)2-6-18(24)22-17-5-4-15(12-21-17)23-7-9-25-10-8-23/h1,3-5,11-12H,2,6-10H2,(H,21,22,24). The lowest BCUT2D eigenvalue weighted by atomic mass is 10.1. The molecular formula is C18H19BrFN3O2. The Bertz CT molecular complexity index is 734. The highest BCUT2D eigenvalue weighted by Crippen LogP contribution is 2.18. The number of benzene rings is 1. The monoisotopic (exact) mass is 407 g/mol. The van der Waals surface area contributed by atoms with Crippen molar-refractivity contribution in [3.63, 3.8) is 0 Å². The van der Waals surface area contributed by atoms with Gasteiger partial charge in [0.25, 0.3) is 0 Å². The number of ether oxygens (including phenoxy) is 1. The Labute approximate surface area is 154 Å². The van der Waals surface area contributed by atoms with Gasteiger partial charge in [0.2, 0.25) is 5.91 Å². The molecule has 0 spiro atoms. The Kier molecular flexibility index (Phi) is 5.99. The third kappa shape index (κ3) is 4.99. The summed E-state index contributed by atoms with van der Waals surface area (Å²) in [5.74, 6) is 0.00222. The number of hydrogen-bond acceptors (Lipinski definition) is 4. The third-order valence-electron chi connectivity index (χ3n) is 4.03. The van der Waals surface area contributed by atoms with Crippen LogP contribution in [0.1, 0.15) is 12.0 Å². The van der Waals surface area contributed by atoms with Crippen LogP contribution in [0.5, 0.6) is 0 Å². The van der Waals surface area contributed by atoms with E-state index in [1.165, 1.54) is 6.07 Å². The van der Waals surface area contributed by atoms with E-state index in [1.54, 1.807) is 24.4 Å². The van der Waals surface area contributed by atoms with Crippen LogP contribution >= 0.6 is 15.9 Å². The van der Waals surface area contributed by atoms with Crippen molar-refractivity contribution >= 4 is 33.3 Å². The molecule has 0 bridgehead atoms. The summed E-state index contributed by atoms with van der Waals surface area (Å²) in [5, 5.41) is 2.75. The molecule has 132 valence electrons. The first-order valence-electron chi connectivity index (χ1n) is 8.14. The fourth-order valence-corrected chi connectivity index (χ4v) is 2.98. The number of carbonyl (C=O) groups excluding carboxylic acids is 1. The Balaban J connectivity index is 1.52. The lowest BCUT2D eigenvalue weighted by Crippen LogP contribution is -2.36. The molecule has 1 amide bonds. The van der Waals surface area contributed by atoms with Gasteiger partial charge in [-0.15, -0.1) is 0 Å². The second-order valence-corrected chi connectivity index (χ2v) is 6.70. The molecule has 5 nitrogen and oxygen atoms in total. The van der Waals surface area contributed by atoms with Crippen LogP contribution < -0.4 is 10.2 Å². The molecule has 0 radical (unpaired) electrons. The molecule has 1 aliphatic heterocycles. The average molecular weight is 408 g/mol. The number of pyridine rings is 1. The number of nitrogens with zero attached hydrogens (tertiary/aromatic N) is 2. The van der Waals surface area contributed by atoms with Crippen molar-refractivity contribution in [3.8, 4) is 0 Å². The minimum atomic E-state index is -0.310. The Morgan fingerprint density at radius 1 is 1.28 bits per heavy atom. The van der Waals surface area contributed by atoms with Crippen LogP contribution in [0, 0.1) is 5.82 Å². The zero-order valence-corrected chi connectivity index (χ0v) is 15.3. The number of amides is 1. The predicted octanol–water partition coefficient (Wildman–Crippen LogP) is 3.39. The van der Waals surface area contributed by atoms with Crippen LogP contribution in [0.25, 0.3) is 0 Å². The Hall–Kier alpha value is -1.99. The summed E-state index contributed by atoms with van der Waals surface area (Å²) in [5.41, 5.74) is 1.53. The number of anilines is 2. The molecule has 0 saturated carbocycles. The van der Waals surface area contributed by atoms with E-state index in [0.29, 0.717) is 35.5 Å². The van der Waals surface area contributed by atoms with E-state index in [-0.39, 0.29) is 18.1 Å². The van der Waals surface area contributed by atoms with Crippen LogP contribution in [0.3, 0.4) is 0 Å². The largest absolute Gasteiger partial charge is 0.378 e. The van der Waals surface area contributed by atoms with Crippen LogP contribution in [0.2, 0.25) is 0 Å². The average Bonchev–Trinajstić information content (AvgIpc) is 2.62. The van der Waals surface area contributed by atoms with Gasteiger partial charge in [0.1, 0.15) is 11.6 Å². The van der Waals surface area contributed by atoms with Gasteiger partial charge < -0.3 is 15.0 Å². The van der Waals surface area contributed by atoms with Gasteiger partial charge in [-0.2, -0.15) is 0 Å². The van der Waals surface area contributed by atoms with Gasteiger partial charge >= 0.3 is 0 Å². The molecule has 1 saturated heterocycles. The van der Waals surface area contributed by atoms with E-state index in [2.05, 4.69) is 31.1 Å². The van der Waals surface area contributed by atoms with Crippen LogP contribution in [-0.2, 0) is 16.0 Å². The summed E-state index contributed by atoms with van der Waals surface area (Å²) in [7, 11) is 0. The highest BCUT2D eigenvalue weighted by atomic mass is 79.9. The van der Waals surface area contributed by atoms with Crippen molar-refractivity contribution in [1.29, 1.82) is 0 Å². The second kappa shape index (κ2) is 8.40. The van der Waals surface area contributed by atoms with Crippen molar-refractivity contribution in [2.75, 3.05) is 36.5 Å². The zero-order valence-electron chi connectivity index (χ0n) is 13.7. The Morgan fingerprint density at radius 3 is 2.76 bits per heavy atom. The van der Waals surface area contributed by atoms with E-state index in [4.69, 9.17) is 4.74 Å². The molecule has 1 fully saturated rings. The van der Waals surface area contributed by atoms with Crippen molar-refractivity contribution in [2.24, 2.45) is 0 Å². The minimum absolute atomic E-state index is 0.186. The summed E-state index contributed by atoms with van der Waals surface area (Å²) in [4.78, 5) is 18.5. The summed E-state index contributed by atoms with van der Waals surface area (Å²) in [6.45, 7) is 3.11. The molecule has 1 aromatic heterocycles. The van der Waals surface area contributed by atoms with E-state index in [0.717, 1.165) is 18.8 Å². The van der Waals surface area contributed by atoms with Crippen molar-refractivity contribution < 1.29 is 13.9 Å². The zero-order chi connectivity index (χ0) is 17.6. The molecule has 2 aromatic rings.